The highest BCUT2D eigenvalue weighted by atomic mass is 16.6. The maximum Gasteiger partial charge on any atom is 0.320 e. The first-order chi connectivity index (χ1) is 20.8. The topological polar surface area (TPSA) is 113 Å². The molecule has 0 amide bonds. The normalized spacial score (nSPS) is 23.2. The van der Waals surface area contributed by atoms with E-state index in [0.29, 0.717) is 12.8 Å². The lowest BCUT2D eigenvalue weighted by atomic mass is 9.76. The number of rotatable bonds is 20. The van der Waals surface area contributed by atoms with Gasteiger partial charge in [-0.1, -0.05) is 81.5 Å². The summed E-state index contributed by atoms with van der Waals surface area (Å²) in [6.45, 7) is 2.24. The predicted molar refractivity (Wildman–Crippen MR) is 167 cm³/mol. The minimum atomic E-state index is -0.767. The molecule has 2 aliphatic heterocycles. The smallest absolute Gasteiger partial charge is 0.320 e. The second-order valence-electron chi connectivity index (χ2n) is 12.3. The van der Waals surface area contributed by atoms with E-state index >= 15 is 0 Å². The largest absolute Gasteiger partial charge is 0.481 e. The molecule has 1 aromatic carbocycles. The number of methoxy groups -OCH3 is 1. The Kier molecular flexibility index (Phi) is 15.2. The average Bonchev–Trinajstić information content (AvgIpc) is 3.26. The highest BCUT2D eigenvalue weighted by molar-refractivity contribution is 5.76. The number of hydrogen-bond acceptors (Lipinski definition) is 7. The van der Waals surface area contributed by atoms with Gasteiger partial charge in [-0.25, -0.2) is 0 Å². The molecule has 2 saturated heterocycles. The van der Waals surface area contributed by atoms with E-state index in [-0.39, 0.29) is 48.8 Å². The molecule has 240 valence electrons. The van der Waals surface area contributed by atoms with Crippen molar-refractivity contribution in [2.45, 2.75) is 133 Å². The van der Waals surface area contributed by atoms with Gasteiger partial charge < -0.3 is 19.7 Å². The fourth-order valence-corrected chi connectivity index (χ4v) is 6.91. The lowest BCUT2D eigenvalue weighted by Crippen LogP contribution is -2.53. The molecule has 0 radical (unpaired) electrons. The molecule has 8 heteroatoms. The van der Waals surface area contributed by atoms with Crippen LogP contribution in [0.2, 0.25) is 0 Å². The molecular formula is C35H53NO7. The first kappa shape index (κ1) is 34.8. The number of hydrogen-bond donors (Lipinski definition) is 2. The van der Waals surface area contributed by atoms with Crippen LogP contribution in [0, 0.1) is 5.92 Å². The molecule has 0 spiro atoms. The Morgan fingerprint density at radius 2 is 1.74 bits per heavy atom. The van der Waals surface area contributed by atoms with E-state index in [9.17, 15) is 19.5 Å². The monoisotopic (exact) mass is 599 g/mol. The lowest BCUT2D eigenvalue weighted by molar-refractivity contribution is -0.161. The van der Waals surface area contributed by atoms with E-state index in [1.54, 1.807) is 0 Å². The first-order valence-electron chi connectivity index (χ1n) is 16.5. The van der Waals surface area contributed by atoms with Crippen molar-refractivity contribution in [2.75, 3.05) is 13.7 Å². The SMILES string of the molecule is CCCCCC(OC(=O)CN1C2CC[C@H]1C[C@@H](c1ccccc1)C2C(=O)OC)C(O)C/C=C\CCCCCCCC(=O)O. The molecule has 2 heterocycles. The third-order valence-electron chi connectivity index (χ3n) is 9.19. The van der Waals surface area contributed by atoms with Crippen LogP contribution in [0.25, 0.3) is 0 Å². The van der Waals surface area contributed by atoms with E-state index in [0.717, 1.165) is 82.6 Å². The van der Waals surface area contributed by atoms with Crippen LogP contribution >= 0.6 is 0 Å². The van der Waals surface area contributed by atoms with Gasteiger partial charge in [0.1, 0.15) is 6.10 Å². The molecule has 2 N–H and O–H groups in total. The van der Waals surface area contributed by atoms with Crippen molar-refractivity contribution in [3.63, 3.8) is 0 Å². The summed E-state index contributed by atoms with van der Waals surface area (Å²) in [6.07, 6.45) is 15.2. The molecule has 2 fully saturated rings. The Bertz CT molecular complexity index is 1010. The van der Waals surface area contributed by atoms with Gasteiger partial charge in [0.05, 0.1) is 25.7 Å². The number of carboxylic acid groups (broad SMARTS) is 1. The van der Waals surface area contributed by atoms with Crippen LogP contribution in [0.15, 0.2) is 42.5 Å². The highest BCUT2D eigenvalue weighted by Gasteiger charge is 2.51. The molecule has 43 heavy (non-hydrogen) atoms. The zero-order chi connectivity index (χ0) is 31.0. The molecule has 0 saturated carbocycles. The number of unbranched alkanes of at least 4 members (excludes halogenated alkanes) is 7. The van der Waals surface area contributed by atoms with Gasteiger partial charge in [-0.2, -0.15) is 0 Å². The van der Waals surface area contributed by atoms with Gasteiger partial charge >= 0.3 is 17.9 Å². The van der Waals surface area contributed by atoms with Crippen LogP contribution in [-0.2, 0) is 23.9 Å². The maximum absolute atomic E-state index is 13.3. The van der Waals surface area contributed by atoms with Crippen LogP contribution in [-0.4, -0.2) is 71.0 Å². The Morgan fingerprint density at radius 1 is 1.00 bits per heavy atom. The quantitative estimate of drug-likeness (QED) is 0.100. The second kappa shape index (κ2) is 18.8. The molecule has 2 bridgehead atoms. The second-order valence-corrected chi connectivity index (χ2v) is 12.3. The summed E-state index contributed by atoms with van der Waals surface area (Å²) in [5.41, 5.74) is 1.14. The van der Waals surface area contributed by atoms with Crippen LogP contribution in [0.5, 0.6) is 0 Å². The van der Waals surface area contributed by atoms with Crippen LogP contribution in [0.4, 0.5) is 0 Å². The summed E-state index contributed by atoms with van der Waals surface area (Å²) in [4.78, 5) is 39.0. The van der Waals surface area contributed by atoms with Crippen molar-refractivity contribution in [1.82, 2.24) is 4.90 Å². The summed E-state index contributed by atoms with van der Waals surface area (Å²) >= 11 is 0. The van der Waals surface area contributed by atoms with E-state index in [1.807, 2.05) is 24.3 Å². The van der Waals surface area contributed by atoms with Crippen LogP contribution in [0.3, 0.4) is 0 Å². The van der Waals surface area contributed by atoms with Gasteiger partial charge in [-0.15, -0.1) is 0 Å². The van der Waals surface area contributed by atoms with Gasteiger partial charge in [0.15, 0.2) is 0 Å². The number of aliphatic hydroxyl groups excluding tert-OH is 1. The number of carbonyl (C=O) groups is 3. The Balaban J connectivity index is 1.52. The lowest BCUT2D eigenvalue weighted by Gasteiger charge is -2.43. The molecule has 1 aromatic rings. The van der Waals surface area contributed by atoms with Gasteiger partial charge in [0, 0.05) is 24.4 Å². The van der Waals surface area contributed by atoms with Gasteiger partial charge in [-0.3, -0.25) is 19.3 Å². The van der Waals surface area contributed by atoms with Crippen molar-refractivity contribution in [1.29, 1.82) is 0 Å². The summed E-state index contributed by atoms with van der Waals surface area (Å²) in [5, 5.41) is 19.7. The fourth-order valence-electron chi connectivity index (χ4n) is 6.91. The molecule has 4 unspecified atom stereocenters. The summed E-state index contributed by atoms with van der Waals surface area (Å²) in [7, 11) is 1.44. The standard InChI is InChI=1S/C35H53NO7/c1-3-4-12-20-31(30(37)19-15-9-7-5-6-8-10-16-21-32(38)39)43-33(40)25-36-27-22-23-29(36)34(35(41)42-2)28(24-27)26-17-13-11-14-18-26/h9,11,13-15,17-18,27-31,34,37H,3-8,10,12,16,19-25H2,1-2H3,(H,38,39)/b15-9-/t27-,28-,29?,30?,31?,34?/m0/s1. The maximum atomic E-state index is 13.3. The molecule has 6 atom stereocenters. The molecule has 0 aromatic heterocycles. The van der Waals surface area contributed by atoms with Crippen LogP contribution < -0.4 is 0 Å². The zero-order valence-corrected chi connectivity index (χ0v) is 26.2. The van der Waals surface area contributed by atoms with E-state index in [4.69, 9.17) is 14.6 Å². The number of benzene rings is 1. The fraction of sp³-hybridized carbons (Fsp3) is 0.686. The van der Waals surface area contributed by atoms with Crippen molar-refractivity contribution in [2.24, 2.45) is 5.92 Å². The number of allylic oxidation sites excluding steroid dienone is 1. The number of fused-ring (bicyclic) bond motifs is 2. The summed E-state index contributed by atoms with van der Waals surface area (Å²) in [6, 6.07) is 10.3. The molecule has 0 aliphatic carbocycles. The highest BCUT2D eigenvalue weighted by Crippen LogP contribution is 2.47. The Labute approximate surface area is 257 Å². The molecular weight excluding hydrogens is 546 g/mol. The van der Waals surface area contributed by atoms with Crippen molar-refractivity contribution in [3.8, 4) is 0 Å². The third-order valence-corrected chi connectivity index (χ3v) is 9.19. The number of aliphatic carboxylic acids is 1. The van der Waals surface area contributed by atoms with Gasteiger partial charge in [0.25, 0.3) is 0 Å². The van der Waals surface area contributed by atoms with Crippen molar-refractivity contribution >= 4 is 17.9 Å². The third kappa shape index (κ3) is 11.1. The molecule has 2 aliphatic rings. The zero-order valence-electron chi connectivity index (χ0n) is 26.2. The van der Waals surface area contributed by atoms with Crippen LogP contribution in [0.1, 0.15) is 115 Å². The van der Waals surface area contributed by atoms with Crippen molar-refractivity contribution in [3.05, 3.63) is 48.0 Å². The van der Waals surface area contributed by atoms with E-state index in [1.165, 1.54) is 7.11 Å². The number of ether oxygens (including phenoxy) is 2. The predicted octanol–water partition coefficient (Wildman–Crippen LogP) is 6.41. The van der Waals surface area contributed by atoms with E-state index in [2.05, 4.69) is 30.0 Å². The van der Waals surface area contributed by atoms with Crippen molar-refractivity contribution < 1.29 is 34.1 Å². The molecule has 3 rings (SSSR count). The number of carbonyl (C=O) groups excluding carboxylic acids is 2. The molecule has 8 nitrogen and oxygen atoms in total. The average molecular weight is 600 g/mol. The van der Waals surface area contributed by atoms with E-state index < -0.39 is 18.2 Å². The van der Waals surface area contributed by atoms with Gasteiger partial charge in [0.2, 0.25) is 0 Å². The Hall–Kier alpha value is -2.71. The number of nitrogens with zero attached hydrogens (tertiary/aromatic N) is 1. The number of esters is 2. The number of piperidine rings is 1. The number of carboxylic acids is 1. The van der Waals surface area contributed by atoms with Gasteiger partial charge in [-0.05, 0) is 63.4 Å². The minimum Gasteiger partial charge on any atom is -0.481 e. The number of aliphatic hydroxyl groups is 1. The minimum absolute atomic E-state index is 0.0609. The first-order valence-corrected chi connectivity index (χ1v) is 16.5. The summed E-state index contributed by atoms with van der Waals surface area (Å²) < 4.78 is 11.2. The summed E-state index contributed by atoms with van der Waals surface area (Å²) in [5.74, 6) is -1.57. The Morgan fingerprint density at radius 3 is 2.47 bits per heavy atom.